The molecular formula is C40H44N6O3S. The number of pyridine rings is 1. The van der Waals surface area contributed by atoms with Crippen molar-refractivity contribution in [3.8, 4) is 11.1 Å². The molecule has 3 aliphatic rings. The standard InChI is InChI=1S/C40H44N6O3S/c1-39(2,3)49-37(48)35-29(28-22-41-46(24-28)23-26-14-19-40(20-15-26)17-7-18-40)12-13-34(43-35)45-21-16-27-8-6-9-30(31(27)25-45)36(47)44-38-42-32-10-4-5-11-33(32)50-38/h4-6,8-13,22,24,26H,7,14-21,23,25H2,1-3H3,(H,42,44,47). The Hall–Kier alpha value is -4.57. The number of aromatic nitrogens is 4. The Balaban J connectivity index is 1.04. The number of para-hydroxylation sites is 1. The number of thiazole rings is 1. The summed E-state index contributed by atoms with van der Waals surface area (Å²) < 4.78 is 8.93. The fraction of sp³-hybridized carbons (Fsp3) is 0.425. The van der Waals surface area contributed by atoms with Crippen LogP contribution in [0.1, 0.15) is 97.7 Å². The molecule has 8 rings (SSSR count). The zero-order valence-electron chi connectivity index (χ0n) is 29.1. The highest BCUT2D eigenvalue weighted by Gasteiger charge is 2.40. The second-order valence-corrected chi connectivity index (χ2v) is 16.4. The van der Waals surface area contributed by atoms with Crippen LogP contribution in [-0.4, -0.2) is 43.8 Å². The fourth-order valence-corrected chi connectivity index (χ4v) is 8.80. The van der Waals surface area contributed by atoms with Crippen molar-refractivity contribution in [2.24, 2.45) is 11.3 Å². The van der Waals surface area contributed by atoms with E-state index in [9.17, 15) is 9.59 Å². The molecule has 5 aromatic rings. The van der Waals surface area contributed by atoms with E-state index in [2.05, 4.69) is 21.3 Å². The number of anilines is 2. The van der Waals surface area contributed by atoms with Crippen molar-refractivity contribution in [2.75, 3.05) is 16.8 Å². The Labute approximate surface area is 297 Å². The lowest BCUT2D eigenvalue weighted by molar-refractivity contribution is 0.00638. The molecule has 1 aliphatic heterocycles. The first-order chi connectivity index (χ1) is 24.1. The van der Waals surface area contributed by atoms with Crippen LogP contribution in [0.2, 0.25) is 0 Å². The second kappa shape index (κ2) is 13.0. The highest BCUT2D eigenvalue weighted by atomic mass is 32.1. The number of hydrogen-bond donors (Lipinski definition) is 1. The lowest BCUT2D eigenvalue weighted by atomic mass is 9.59. The van der Waals surface area contributed by atoms with E-state index in [0.717, 1.165) is 39.9 Å². The summed E-state index contributed by atoms with van der Waals surface area (Å²) in [6.07, 6.45) is 14.1. The molecule has 50 heavy (non-hydrogen) atoms. The predicted molar refractivity (Wildman–Crippen MR) is 198 cm³/mol. The van der Waals surface area contributed by atoms with E-state index in [1.54, 1.807) is 0 Å². The van der Waals surface area contributed by atoms with Crippen molar-refractivity contribution in [3.05, 3.63) is 89.4 Å². The van der Waals surface area contributed by atoms with Gasteiger partial charge < -0.3 is 9.64 Å². The van der Waals surface area contributed by atoms with E-state index in [0.29, 0.717) is 46.5 Å². The van der Waals surface area contributed by atoms with Crippen LogP contribution >= 0.6 is 11.3 Å². The van der Waals surface area contributed by atoms with Crippen molar-refractivity contribution in [1.29, 1.82) is 0 Å². The normalized spacial score (nSPS) is 17.4. The van der Waals surface area contributed by atoms with Gasteiger partial charge in [0.05, 0.1) is 16.4 Å². The SMILES string of the molecule is CC(C)(C)OC(=O)c1nc(N2CCc3cccc(C(=O)Nc4nc5ccccc5s4)c3C2)ccc1-c1cnn(CC2CCC3(CCC3)CC2)c1. The third-order valence-electron chi connectivity index (χ3n) is 10.8. The van der Waals surface area contributed by atoms with E-state index in [4.69, 9.17) is 14.8 Å². The number of nitrogens with one attached hydrogen (secondary N) is 1. The van der Waals surface area contributed by atoms with Crippen LogP contribution in [0.3, 0.4) is 0 Å². The third-order valence-corrected chi connectivity index (χ3v) is 11.8. The minimum absolute atomic E-state index is 0.187. The average Bonchev–Trinajstić information content (AvgIpc) is 3.73. The van der Waals surface area contributed by atoms with Crippen molar-refractivity contribution in [1.82, 2.24) is 19.7 Å². The summed E-state index contributed by atoms with van der Waals surface area (Å²) in [5, 5.41) is 8.32. The first kappa shape index (κ1) is 32.6. The van der Waals surface area contributed by atoms with Gasteiger partial charge in [-0.1, -0.05) is 42.0 Å². The van der Waals surface area contributed by atoms with E-state index in [1.807, 2.05) is 86.4 Å². The smallest absolute Gasteiger partial charge is 0.358 e. The largest absolute Gasteiger partial charge is 0.455 e. The number of amides is 1. The molecule has 2 saturated carbocycles. The molecule has 3 aromatic heterocycles. The maximum Gasteiger partial charge on any atom is 0.358 e. The van der Waals surface area contributed by atoms with E-state index < -0.39 is 11.6 Å². The minimum atomic E-state index is -0.676. The van der Waals surface area contributed by atoms with Crippen LogP contribution in [0, 0.1) is 11.3 Å². The summed E-state index contributed by atoms with van der Waals surface area (Å²) in [5.74, 6) is 0.651. The van der Waals surface area contributed by atoms with Gasteiger partial charge in [-0.2, -0.15) is 5.10 Å². The number of rotatable bonds is 7. The van der Waals surface area contributed by atoms with E-state index >= 15 is 0 Å². The van der Waals surface area contributed by atoms with Crippen LogP contribution < -0.4 is 10.2 Å². The monoisotopic (exact) mass is 688 g/mol. The molecule has 1 spiro atoms. The topological polar surface area (TPSA) is 102 Å². The summed E-state index contributed by atoms with van der Waals surface area (Å²) in [4.78, 5) is 39.0. The Bertz CT molecular complexity index is 2030. The van der Waals surface area contributed by atoms with Gasteiger partial charge in [-0.15, -0.1) is 0 Å². The minimum Gasteiger partial charge on any atom is -0.455 e. The zero-order valence-corrected chi connectivity index (χ0v) is 29.9. The van der Waals surface area contributed by atoms with Crippen molar-refractivity contribution < 1.29 is 14.3 Å². The average molecular weight is 689 g/mol. The molecule has 2 aliphatic carbocycles. The number of carbonyl (C=O) groups is 2. The van der Waals surface area contributed by atoms with Gasteiger partial charge in [0.1, 0.15) is 11.4 Å². The molecule has 2 aromatic carbocycles. The molecule has 1 amide bonds. The van der Waals surface area contributed by atoms with E-state index in [1.165, 1.54) is 56.3 Å². The van der Waals surface area contributed by atoms with Crippen LogP contribution in [-0.2, 0) is 24.2 Å². The Morgan fingerprint density at radius 1 is 1.00 bits per heavy atom. The van der Waals surface area contributed by atoms with Crippen LogP contribution in [0.4, 0.5) is 10.9 Å². The van der Waals surface area contributed by atoms with Gasteiger partial charge in [0.2, 0.25) is 0 Å². The zero-order chi connectivity index (χ0) is 34.5. The lowest BCUT2D eigenvalue weighted by Gasteiger charge is -2.47. The van der Waals surface area contributed by atoms with Gasteiger partial charge in [-0.05, 0) is 119 Å². The molecule has 9 nitrogen and oxygen atoms in total. The van der Waals surface area contributed by atoms with E-state index in [-0.39, 0.29) is 11.6 Å². The van der Waals surface area contributed by atoms with Gasteiger partial charge in [-0.3, -0.25) is 14.8 Å². The summed E-state index contributed by atoms with van der Waals surface area (Å²) in [5.41, 5.74) is 5.37. The molecule has 0 radical (unpaired) electrons. The fourth-order valence-electron chi connectivity index (χ4n) is 7.94. The Morgan fingerprint density at radius 2 is 1.82 bits per heavy atom. The summed E-state index contributed by atoms with van der Waals surface area (Å²) >= 11 is 1.46. The number of carbonyl (C=O) groups excluding carboxylic acids is 2. The van der Waals surface area contributed by atoms with Crippen molar-refractivity contribution in [3.63, 3.8) is 0 Å². The van der Waals surface area contributed by atoms with Crippen LogP contribution in [0.15, 0.2) is 67.0 Å². The molecule has 1 N–H and O–H groups in total. The van der Waals surface area contributed by atoms with Crippen LogP contribution in [0.25, 0.3) is 21.3 Å². The number of hydrogen-bond acceptors (Lipinski definition) is 8. The summed E-state index contributed by atoms with van der Waals surface area (Å²) in [6, 6.07) is 17.7. The maximum atomic E-state index is 13.7. The highest BCUT2D eigenvalue weighted by Crippen LogP contribution is 2.52. The van der Waals surface area contributed by atoms with Gasteiger partial charge in [0.25, 0.3) is 5.91 Å². The van der Waals surface area contributed by atoms with Crippen molar-refractivity contribution in [2.45, 2.75) is 90.8 Å². The number of nitrogens with zero attached hydrogens (tertiary/aromatic N) is 5. The lowest BCUT2D eigenvalue weighted by Crippen LogP contribution is -2.34. The molecular weight excluding hydrogens is 645 g/mol. The molecule has 258 valence electrons. The van der Waals surface area contributed by atoms with Gasteiger partial charge in [0.15, 0.2) is 10.8 Å². The van der Waals surface area contributed by atoms with Gasteiger partial charge in [-0.25, -0.2) is 14.8 Å². The number of esters is 1. The molecule has 0 bridgehead atoms. The van der Waals surface area contributed by atoms with Crippen LogP contribution in [0.5, 0.6) is 0 Å². The number of benzene rings is 2. The summed E-state index contributed by atoms with van der Waals surface area (Å²) in [6.45, 7) is 7.69. The molecule has 10 heteroatoms. The molecule has 4 heterocycles. The first-order valence-electron chi connectivity index (χ1n) is 17.9. The van der Waals surface area contributed by atoms with Crippen molar-refractivity contribution >= 4 is 44.4 Å². The molecule has 0 unspecified atom stereocenters. The number of fused-ring (bicyclic) bond motifs is 2. The highest BCUT2D eigenvalue weighted by molar-refractivity contribution is 7.22. The predicted octanol–water partition coefficient (Wildman–Crippen LogP) is 8.69. The second-order valence-electron chi connectivity index (χ2n) is 15.4. The quantitative estimate of drug-likeness (QED) is 0.171. The molecule has 0 saturated heterocycles. The maximum absolute atomic E-state index is 13.7. The molecule has 0 atom stereocenters. The van der Waals surface area contributed by atoms with Gasteiger partial charge >= 0.3 is 5.97 Å². The van der Waals surface area contributed by atoms with Gasteiger partial charge in [0, 0.05) is 42.5 Å². The summed E-state index contributed by atoms with van der Waals surface area (Å²) in [7, 11) is 0. The Kier molecular flexibility index (Phi) is 8.45. The Morgan fingerprint density at radius 3 is 2.58 bits per heavy atom. The first-order valence-corrected chi connectivity index (χ1v) is 18.7. The third kappa shape index (κ3) is 6.65. The number of ether oxygens (including phenoxy) is 1. The molecule has 2 fully saturated rings.